The molecule has 1 unspecified atom stereocenters. The van der Waals surface area contributed by atoms with E-state index < -0.39 is 0 Å². The summed E-state index contributed by atoms with van der Waals surface area (Å²) < 4.78 is 0. The molecule has 0 spiro atoms. The summed E-state index contributed by atoms with van der Waals surface area (Å²) >= 11 is 0. The molecular weight excluding hydrogens is 182 g/mol. The summed E-state index contributed by atoms with van der Waals surface area (Å²) in [5, 5.41) is 0. The van der Waals surface area contributed by atoms with Crippen molar-refractivity contribution in [3.05, 3.63) is 48.6 Å². The Bertz CT molecular complexity index is 298. The van der Waals surface area contributed by atoms with Crippen molar-refractivity contribution in [1.82, 2.24) is 4.90 Å². The second kappa shape index (κ2) is 5.13. The van der Waals surface area contributed by atoms with E-state index in [1.165, 1.54) is 37.9 Å². The van der Waals surface area contributed by atoms with Crippen molar-refractivity contribution in [3.8, 4) is 0 Å². The van der Waals surface area contributed by atoms with Gasteiger partial charge in [-0.1, -0.05) is 42.8 Å². The lowest BCUT2D eigenvalue weighted by atomic mass is 10.0. The number of hydrogen-bond acceptors (Lipinski definition) is 1. The Kier molecular flexibility index (Phi) is 3.57. The summed E-state index contributed by atoms with van der Waals surface area (Å²) in [6, 6.07) is 11.1. The number of nitrogens with zero attached hydrogens (tertiary/aromatic N) is 1. The summed E-state index contributed by atoms with van der Waals surface area (Å²) in [5.41, 5.74) is 1.37. The van der Waals surface area contributed by atoms with Crippen LogP contribution in [0.5, 0.6) is 0 Å². The predicted molar refractivity (Wildman–Crippen MR) is 64.8 cm³/mol. The lowest BCUT2D eigenvalue weighted by molar-refractivity contribution is 0.192. The van der Waals surface area contributed by atoms with Crippen LogP contribution in [-0.4, -0.2) is 18.0 Å². The lowest BCUT2D eigenvalue weighted by Crippen LogP contribution is -2.32. The Balaban J connectivity index is 2.12. The largest absolute Gasteiger partial charge is 0.293 e. The molecule has 1 aromatic rings. The fraction of sp³-hybridized carbons (Fsp3) is 0.429. The number of hydrogen-bond donors (Lipinski definition) is 0. The smallest absolute Gasteiger partial charge is 0.0528 e. The zero-order chi connectivity index (χ0) is 10.5. The van der Waals surface area contributed by atoms with Gasteiger partial charge < -0.3 is 0 Å². The molecule has 0 aliphatic carbocycles. The van der Waals surface area contributed by atoms with Gasteiger partial charge in [-0.15, -0.1) is 6.58 Å². The van der Waals surface area contributed by atoms with Crippen LogP contribution < -0.4 is 0 Å². The molecule has 0 amide bonds. The topological polar surface area (TPSA) is 3.24 Å². The Morgan fingerprint density at radius 1 is 1.07 bits per heavy atom. The van der Waals surface area contributed by atoms with Gasteiger partial charge in [0, 0.05) is 0 Å². The first kappa shape index (κ1) is 10.4. The number of rotatable bonds is 3. The summed E-state index contributed by atoms with van der Waals surface area (Å²) in [6.07, 6.45) is 6.12. The molecule has 15 heavy (non-hydrogen) atoms. The summed E-state index contributed by atoms with van der Waals surface area (Å²) in [7, 11) is 0. The molecule has 1 fully saturated rings. The van der Waals surface area contributed by atoms with Crippen LogP contribution in [0.2, 0.25) is 0 Å². The van der Waals surface area contributed by atoms with E-state index in [4.69, 9.17) is 0 Å². The fourth-order valence-corrected chi connectivity index (χ4v) is 2.34. The Morgan fingerprint density at radius 3 is 2.33 bits per heavy atom. The van der Waals surface area contributed by atoms with Crippen molar-refractivity contribution >= 4 is 0 Å². The second-order valence-corrected chi connectivity index (χ2v) is 4.19. The van der Waals surface area contributed by atoms with Gasteiger partial charge in [0.25, 0.3) is 0 Å². The van der Waals surface area contributed by atoms with Gasteiger partial charge in [0.2, 0.25) is 0 Å². The molecule has 1 aliphatic heterocycles. The summed E-state index contributed by atoms with van der Waals surface area (Å²) in [6.45, 7) is 6.40. The molecule has 0 saturated carbocycles. The maximum atomic E-state index is 3.97. The predicted octanol–water partition coefficient (Wildman–Crippen LogP) is 3.40. The molecule has 0 radical (unpaired) electrons. The van der Waals surface area contributed by atoms with E-state index in [-0.39, 0.29) is 0 Å². The van der Waals surface area contributed by atoms with Crippen molar-refractivity contribution in [1.29, 1.82) is 0 Å². The first-order valence-electron chi connectivity index (χ1n) is 5.83. The normalized spacial score (nSPS) is 19.7. The zero-order valence-corrected chi connectivity index (χ0v) is 9.23. The minimum absolute atomic E-state index is 0.409. The molecule has 1 aromatic carbocycles. The van der Waals surface area contributed by atoms with Crippen molar-refractivity contribution in [2.45, 2.75) is 25.3 Å². The molecule has 0 N–H and O–H groups in total. The van der Waals surface area contributed by atoms with Gasteiger partial charge in [0.15, 0.2) is 0 Å². The molecule has 1 atom stereocenters. The summed E-state index contributed by atoms with van der Waals surface area (Å²) in [4.78, 5) is 2.53. The third kappa shape index (κ3) is 2.48. The van der Waals surface area contributed by atoms with Crippen LogP contribution in [0.1, 0.15) is 30.9 Å². The van der Waals surface area contributed by atoms with E-state index in [1.54, 1.807) is 0 Å². The molecule has 1 heteroatoms. The van der Waals surface area contributed by atoms with E-state index in [2.05, 4.69) is 47.9 Å². The fourth-order valence-electron chi connectivity index (χ4n) is 2.34. The van der Waals surface area contributed by atoms with E-state index in [0.717, 1.165) is 0 Å². The van der Waals surface area contributed by atoms with E-state index >= 15 is 0 Å². The van der Waals surface area contributed by atoms with Crippen molar-refractivity contribution in [3.63, 3.8) is 0 Å². The minimum atomic E-state index is 0.409. The third-order valence-corrected chi connectivity index (χ3v) is 3.15. The molecule has 1 aliphatic rings. The highest BCUT2D eigenvalue weighted by atomic mass is 15.2. The van der Waals surface area contributed by atoms with Gasteiger partial charge in [0.1, 0.15) is 0 Å². The first-order chi connectivity index (χ1) is 7.42. The Labute approximate surface area is 92.4 Å². The molecule has 1 heterocycles. The Morgan fingerprint density at radius 2 is 1.73 bits per heavy atom. The highest BCUT2D eigenvalue weighted by Crippen LogP contribution is 2.24. The number of piperidine rings is 1. The average molecular weight is 201 g/mol. The molecular formula is C14H19N. The van der Waals surface area contributed by atoms with Crippen LogP contribution in [0.4, 0.5) is 0 Å². The highest BCUT2D eigenvalue weighted by molar-refractivity contribution is 5.22. The minimum Gasteiger partial charge on any atom is -0.293 e. The SMILES string of the molecule is C=CC(c1ccccc1)N1CCCCC1. The van der Waals surface area contributed by atoms with Gasteiger partial charge in [-0.3, -0.25) is 4.90 Å². The summed E-state index contributed by atoms with van der Waals surface area (Å²) in [5.74, 6) is 0. The van der Waals surface area contributed by atoms with Gasteiger partial charge in [-0.25, -0.2) is 0 Å². The quantitative estimate of drug-likeness (QED) is 0.677. The van der Waals surface area contributed by atoms with Gasteiger partial charge >= 0.3 is 0 Å². The number of benzene rings is 1. The molecule has 0 aromatic heterocycles. The van der Waals surface area contributed by atoms with Crippen LogP contribution in [0.25, 0.3) is 0 Å². The molecule has 80 valence electrons. The highest BCUT2D eigenvalue weighted by Gasteiger charge is 2.18. The van der Waals surface area contributed by atoms with Gasteiger partial charge in [-0.2, -0.15) is 0 Å². The maximum Gasteiger partial charge on any atom is 0.0528 e. The van der Waals surface area contributed by atoms with Crippen molar-refractivity contribution in [2.24, 2.45) is 0 Å². The van der Waals surface area contributed by atoms with Crippen molar-refractivity contribution in [2.75, 3.05) is 13.1 Å². The van der Waals surface area contributed by atoms with E-state index in [9.17, 15) is 0 Å². The third-order valence-electron chi connectivity index (χ3n) is 3.15. The standard InChI is InChI=1S/C14H19N/c1-2-14(13-9-5-3-6-10-13)15-11-7-4-8-12-15/h2-3,5-6,9-10,14H,1,4,7-8,11-12H2. The van der Waals surface area contributed by atoms with Crippen LogP contribution in [-0.2, 0) is 0 Å². The molecule has 1 nitrogen and oxygen atoms in total. The average Bonchev–Trinajstić information content (AvgIpc) is 2.33. The molecule has 1 saturated heterocycles. The monoisotopic (exact) mass is 201 g/mol. The van der Waals surface area contributed by atoms with Gasteiger partial charge in [-0.05, 0) is 31.5 Å². The first-order valence-corrected chi connectivity index (χ1v) is 5.83. The second-order valence-electron chi connectivity index (χ2n) is 4.19. The lowest BCUT2D eigenvalue weighted by Gasteiger charge is -2.33. The van der Waals surface area contributed by atoms with E-state index in [0.29, 0.717) is 6.04 Å². The van der Waals surface area contributed by atoms with Gasteiger partial charge in [0.05, 0.1) is 6.04 Å². The van der Waals surface area contributed by atoms with Crippen LogP contribution >= 0.6 is 0 Å². The van der Waals surface area contributed by atoms with Crippen LogP contribution in [0, 0.1) is 0 Å². The van der Waals surface area contributed by atoms with Crippen LogP contribution in [0.15, 0.2) is 43.0 Å². The zero-order valence-electron chi connectivity index (χ0n) is 9.23. The van der Waals surface area contributed by atoms with Crippen molar-refractivity contribution < 1.29 is 0 Å². The Hall–Kier alpha value is -1.08. The molecule has 2 rings (SSSR count). The van der Waals surface area contributed by atoms with Crippen LogP contribution in [0.3, 0.4) is 0 Å². The maximum absolute atomic E-state index is 3.97. The van der Waals surface area contributed by atoms with E-state index in [1.807, 2.05) is 0 Å². The molecule has 0 bridgehead atoms. The number of likely N-dealkylation sites (tertiary alicyclic amines) is 1.